The maximum Gasteiger partial charge on any atom is 0.165 e. The molecule has 1 unspecified atom stereocenters. The molecule has 5 nitrogen and oxygen atoms in total. The van der Waals surface area contributed by atoms with E-state index in [9.17, 15) is 14.6 Å². The van der Waals surface area contributed by atoms with Gasteiger partial charge in [0.05, 0.1) is 0 Å². The zero-order chi connectivity index (χ0) is 26.1. The highest BCUT2D eigenvalue weighted by Gasteiger charge is 2.30. The molecule has 6 heteroatoms. The van der Waals surface area contributed by atoms with Crippen molar-refractivity contribution in [2.75, 3.05) is 19.7 Å². The molecule has 0 radical (unpaired) electrons. The van der Waals surface area contributed by atoms with Crippen molar-refractivity contribution in [2.24, 2.45) is 5.92 Å². The molecule has 3 aromatic carbocycles. The van der Waals surface area contributed by atoms with E-state index >= 15 is 0 Å². The van der Waals surface area contributed by atoms with Crippen LogP contribution in [0.2, 0.25) is 0 Å². The van der Waals surface area contributed by atoms with Crippen LogP contribution < -0.4 is 9.47 Å². The number of rotatable bonds is 7. The smallest absolute Gasteiger partial charge is 0.165 e. The maximum absolute atomic E-state index is 14.3. The van der Waals surface area contributed by atoms with Gasteiger partial charge in [-0.2, -0.15) is 0 Å². The monoisotopic (exact) mass is 503 g/mol. The number of fused-ring (bicyclic) bond motifs is 1. The third-order valence-electron chi connectivity index (χ3n) is 7.73. The average molecular weight is 504 g/mol. The highest BCUT2D eigenvalue weighted by molar-refractivity contribution is 5.95. The number of nitrogens with zero attached hydrogens (tertiary/aromatic N) is 1. The topological polar surface area (TPSA) is 62.2 Å². The van der Waals surface area contributed by atoms with Crippen molar-refractivity contribution < 1.29 is 24.1 Å². The van der Waals surface area contributed by atoms with Gasteiger partial charge in [0.25, 0.3) is 0 Å². The number of likely N-dealkylation sites (tertiary alicyclic amines) is 1. The minimum absolute atomic E-state index is 0.116. The van der Waals surface area contributed by atoms with Crippen molar-refractivity contribution >= 4 is 11.1 Å². The van der Waals surface area contributed by atoms with Crippen LogP contribution in [-0.2, 0) is 0 Å². The van der Waals surface area contributed by atoms with Gasteiger partial charge in [-0.3, -0.25) is 4.90 Å². The SMILES string of the molecule is CC[C@@H]1CCN([C@@H](C)COc2ccc(C3Oc4cc(O)ccc4C(C)=C3c3ccc(O)c(F)c3)cc2)C1. The minimum atomic E-state index is -0.686. The number of allylic oxidation sites excluding steroid dienone is 1. The van der Waals surface area contributed by atoms with Gasteiger partial charge in [-0.05, 0) is 85.8 Å². The predicted molar refractivity (Wildman–Crippen MR) is 143 cm³/mol. The fourth-order valence-corrected chi connectivity index (χ4v) is 5.38. The lowest BCUT2D eigenvalue weighted by molar-refractivity contribution is 0.168. The fourth-order valence-electron chi connectivity index (χ4n) is 5.38. The Labute approximate surface area is 217 Å². The lowest BCUT2D eigenvalue weighted by Crippen LogP contribution is -2.35. The van der Waals surface area contributed by atoms with Crippen molar-refractivity contribution in [3.63, 3.8) is 0 Å². The Morgan fingerprint density at radius 2 is 1.86 bits per heavy atom. The highest BCUT2D eigenvalue weighted by Crippen LogP contribution is 2.47. The number of phenols is 2. The molecule has 1 fully saturated rings. The van der Waals surface area contributed by atoms with E-state index in [1.54, 1.807) is 24.3 Å². The predicted octanol–water partition coefficient (Wildman–Crippen LogP) is 6.80. The second kappa shape index (κ2) is 10.5. The Hall–Kier alpha value is -3.51. The molecular weight excluding hydrogens is 469 g/mol. The van der Waals surface area contributed by atoms with Gasteiger partial charge in [-0.15, -0.1) is 0 Å². The molecule has 2 aliphatic rings. The molecular formula is C31H34FNO4. The molecule has 37 heavy (non-hydrogen) atoms. The van der Waals surface area contributed by atoms with Gasteiger partial charge < -0.3 is 19.7 Å². The van der Waals surface area contributed by atoms with Gasteiger partial charge >= 0.3 is 0 Å². The van der Waals surface area contributed by atoms with E-state index in [0.717, 1.165) is 47.0 Å². The minimum Gasteiger partial charge on any atom is -0.508 e. The summed E-state index contributed by atoms with van der Waals surface area (Å²) in [5.74, 6) is 1.18. The number of ether oxygens (including phenoxy) is 2. The van der Waals surface area contributed by atoms with Crippen LogP contribution in [0.5, 0.6) is 23.0 Å². The van der Waals surface area contributed by atoms with Gasteiger partial charge in [-0.1, -0.05) is 31.5 Å². The zero-order valence-electron chi connectivity index (χ0n) is 21.6. The quantitative estimate of drug-likeness (QED) is 0.371. The van der Waals surface area contributed by atoms with Crippen molar-refractivity contribution in [2.45, 2.75) is 45.8 Å². The fraction of sp³-hybridized carbons (Fsp3) is 0.355. The molecule has 194 valence electrons. The lowest BCUT2D eigenvalue weighted by atomic mass is 9.86. The first-order chi connectivity index (χ1) is 17.8. The van der Waals surface area contributed by atoms with E-state index in [4.69, 9.17) is 9.47 Å². The van der Waals surface area contributed by atoms with Crippen molar-refractivity contribution in [3.8, 4) is 23.0 Å². The summed E-state index contributed by atoms with van der Waals surface area (Å²) in [7, 11) is 0. The molecule has 0 amide bonds. The Morgan fingerprint density at radius 3 is 2.57 bits per heavy atom. The lowest BCUT2D eigenvalue weighted by Gasteiger charge is -2.31. The normalized spacial score (nSPS) is 20.4. The Balaban J connectivity index is 1.39. The van der Waals surface area contributed by atoms with Crippen LogP contribution in [0.4, 0.5) is 4.39 Å². The van der Waals surface area contributed by atoms with E-state index in [0.29, 0.717) is 24.0 Å². The molecule has 0 saturated carbocycles. The maximum atomic E-state index is 14.3. The first-order valence-electron chi connectivity index (χ1n) is 13.0. The Kier molecular flexibility index (Phi) is 7.11. The molecule has 3 atom stereocenters. The van der Waals surface area contributed by atoms with Crippen LogP contribution in [0, 0.1) is 11.7 Å². The summed E-state index contributed by atoms with van der Waals surface area (Å²) in [4.78, 5) is 2.50. The molecule has 2 aliphatic heterocycles. The third-order valence-corrected chi connectivity index (χ3v) is 7.73. The molecule has 0 bridgehead atoms. The molecule has 2 N–H and O–H groups in total. The molecule has 0 spiro atoms. The molecule has 0 aromatic heterocycles. The summed E-state index contributed by atoms with van der Waals surface area (Å²) in [6, 6.07) is 17.5. The zero-order valence-corrected chi connectivity index (χ0v) is 21.6. The second-order valence-corrected chi connectivity index (χ2v) is 10.2. The van der Waals surface area contributed by atoms with E-state index in [1.165, 1.54) is 25.0 Å². The first kappa shape index (κ1) is 25.2. The molecule has 3 aromatic rings. The van der Waals surface area contributed by atoms with E-state index in [1.807, 2.05) is 31.2 Å². The standard InChI is InChI=1S/C31H34FNO4/c1-4-21-13-14-33(17-21)19(2)18-36-25-9-5-22(6-10-25)31-30(23-7-12-28(35)27(32)15-23)20(3)26-11-8-24(34)16-29(26)37-31/h5-12,15-16,19,21,31,34-35H,4,13-14,17-18H2,1-3H3/t19-,21+,31?/m0/s1. The van der Waals surface area contributed by atoms with Gasteiger partial charge in [0.1, 0.15) is 30.0 Å². The number of benzene rings is 3. The van der Waals surface area contributed by atoms with Crippen molar-refractivity contribution in [3.05, 3.63) is 83.2 Å². The van der Waals surface area contributed by atoms with Gasteiger partial charge in [-0.25, -0.2) is 4.39 Å². The largest absolute Gasteiger partial charge is 0.508 e. The van der Waals surface area contributed by atoms with Gasteiger partial charge in [0.15, 0.2) is 11.6 Å². The Morgan fingerprint density at radius 1 is 1.08 bits per heavy atom. The molecule has 0 aliphatic carbocycles. The second-order valence-electron chi connectivity index (χ2n) is 10.2. The summed E-state index contributed by atoms with van der Waals surface area (Å²) in [5.41, 5.74) is 4.06. The molecule has 2 heterocycles. The van der Waals surface area contributed by atoms with Crippen LogP contribution in [-0.4, -0.2) is 40.9 Å². The number of hydrogen-bond acceptors (Lipinski definition) is 5. The first-order valence-corrected chi connectivity index (χ1v) is 13.0. The van der Waals surface area contributed by atoms with E-state index in [-0.39, 0.29) is 5.75 Å². The van der Waals surface area contributed by atoms with E-state index < -0.39 is 17.7 Å². The van der Waals surface area contributed by atoms with Crippen LogP contribution in [0.3, 0.4) is 0 Å². The van der Waals surface area contributed by atoms with E-state index in [2.05, 4.69) is 18.7 Å². The van der Waals surface area contributed by atoms with Crippen LogP contribution in [0.15, 0.2) is 60.7 Å². The number of phenolic OH excluding ortho intramolecular Hbond substituents is 2. The van der Waals surface area contributed by atoms with Gasteiger partial charge in [0.2, 0.25) is 0 Å². The number of aromatic hydroxyl groups is 2. The Bertz CT molecular complexity index is 1300. The van der Waals surface area contributed by atoms with Crippen LogP contribution in [0.25, 0.3) is 11.1 Å². The summed E-state index contributed by atoms with van der Waals surface area (Å²) in [5, 5.41) is 19.8. The molecule has 5 rings (SSSR count). The number of hydrogen-bond donors (Lipinski definition) is 2. The summed E-state index contributed by atoms with van der Waals surface area (Å²) in [6.07, 6.45) is 1.96. The summed E-state index contributed by atoms with van der Waals surface area (Å²) in [6.45, 7) is 9.33. The van der Waals surface area contributed by atoms with Crippen LogP contribution >= 0.6 is 0 Å². The molecule has 1 saturated heterocycles. The summed E-state index contributed by atoms with van der Waals surface area (Å²) < 4.78 is 26.8. The average Bonchev–Trinajstić information content (AvgIpc) is 3.39. The van der Waals surface area contributed by atoms with Crippen molar-refractivity contribution in [1.29, 1.82) is 0 Å². The third kappa shape index (κ3) is 5.16. The van der Waals surface area contributed by atoms with Crippen LogP contribution in [0.1, 0.15) is 56.4 Å². The van der Waals surface area contributed by atoms with Gasteiger partial charge in [0, 0.05) is 29.8 Å². The van der Waals surface area contributed by atoms with Crippen molar-refractivity contribution in [1.82, 2.24) is 4.90 Å². The number of halogens is 1. The summed E-state index contributed by atoms with van der Waals surface area (Å²) >= 11 is 0. The highest BCUT2D eigenvalue weighted by atomic mass is 19.1.